The van der Waals surface area contributed by atoms with Gasteiger partial charge in [-0.05, 0) is 35.9 Å². The monoisotopic (exact) mass is 502 g/mol. The van der Waals surface area contributed by atoms with Crippen LogP contribution in [0.1, 0.15) is 36.6 Å². The van der Waals surface area contributed by atoms with Crippen LogP contribution in [0.4, 0.5) is 0 Å². The van der Waals surface area contributed by atoms with Gasteiger partial charge in [-0.15, -0.1) is 0 Å². The number of esters is 2. The molecule has 3 rings (SSSR count). The fourth-order valence-corrected chi connectivity index (χ4v) is 2.77. The maximum atomic E-state index is 11.6. The van der Waals surface area contributed by atoms with E-state index in [1.165, 1.54) is 6.26 Å². The molecule has 0 aliphatic rings. The third-order valence-corrected chi connectivity index (χ3v) is 4.49. The lowest BCUT2D eigenvalue weighted by molar-refractivity contribution is 0.0652. The molecule has 0 amide bonds. The normalized spacial score (nSPS) is 10.2. The van der Waals surface area contributed by atoms with Crippen LogP contribution in [-0.2, 0) is 25.4 Å². The van der Waals surface area contributed by atoms with Gasteiger partial charge in [0.15, 0.2) is 0 Å². The van der Waals surface area contributed by atoms with Gasteiger partial charge < -0.3 is 24.1 Å². The summed E-state index contributed by atoms with van der Waals surface area (Å²) in [6.45, 7) is 3.86. The first-order chi connectivity index (χ1) is 18.0. The van der Waals surface area contributed by atoms with Crippen LogP contribution in [0.25, 0.3) is 0 Å². The van der Waals surface area contributed by atoms with Crippen LogP contribution < -0.4 is 0 Å². The molecule has 0 saturated heterocycles. The Labute approximate surface area is 214 Å². The van der Waals surface area contributed by atoms with E-state index in [2.05, 4.69) is 6.58 Å². The number of carboxylic acid groups (broad SMARTS) is 1. The van der Waals surface area contributed by atoms with Gasteiger partial charge in [-0.2, -0.15) is 0 Å². The van der Waals surface area contributed by atoms with E-state index >= 15 is 0 Å². The molecule has 3 aromatic rings. The van der Waals surface area contributed by atoms with Crippen molar-refractivity contribution in [2.45, 2.75) is 6.42 Å². The molecule has 0 fully saturated rings. The van der Waals surface area contributed by atoms with Crippen LogP contribution >= 0.6 is 0 Å². The Morgan fingerprint density at radius 1 is 0.703 bits per heavy atom. The van der Waals surface area contributed by atoms with Gasteiger partial charge in [0.1, 0.15) is 25.0 Å². The Morgan fingerprint density at radius 2 is 1.19 bits per heavy atom. The van der Waals surface area contributed by atoms with E-state index in [0.717, 1.165) is 30.6 Å². The summed E-state index contributed by atoms with van der Waals surface area (Å²) in [6, 6.07) is 24.0. The molecule has 0 aliphatic carbocycles. The summed E-state index contributed by atoms with van der Waals surface area (Å²) in [5, 5.41) is 8.86. The molecule has 0 bridgehead atoms. The average molecular weight is 503 g/mol. The lowest BCUT2D eigenvalue weighted by atomic mass is 10.1. The molecular formula is C29H26O8. The van der Waals surface area contributed by atoms with Crippen LogP contribution in [0.15, 0.2) is 123 Å². The molecule has 8 nitrogen and oxygen atoms in total. The van der Waals surface area contributed by atoms with Gasteiger partial charge in [0.05, 0.1) is 29.6 Å². The fourth-order valence-electron chi connectivity index (χ4n) is 2.77. The molecule has 3 aromatic carbocycles. The number of hydrogen-bond donors (Lipinski definition) is 1. The highest BCUT2D eigenvalue weighted by molar-refractivity contribution is 5.90. The van der Waals surface area contributed by atoms with Crippen molar-refractivity contribution in [1.29, 1.82) is 0 Å². The first-order valence-corrected chi connectivity index (χ1v) is 11.0. The highest BCUT2D eigenvalue weighted by Gasteiger charge is 2.08. The van der Waals surface area contributed by atoms with Crippen LogP contribution in [-0.4, -0.2) is 29.6 Å². The fraction of sp³-hybridized carbons (Fsp3) is 0.0690. The van der Waals surface area contributed by atoms with Crippen molar-refractivity contribution in [3.63, 3.8) is 0 Å². The average Bonchev–Trinajstić information content (AvgIpc) is 2.94. The van der Waals surface area contributed by atoms with E-state index in [-0.39, 0.29) is 0 Å². The van der Waals surface area contributed by atoms with Gasteiger partial charge in [-0.25, -0.2) is 14.4 Å². The third-order valence-electron chi connectivity index (χ3n) is 4.49. The molecule has 0 atom stereocenters. The number of carbonyl (C=O) groups excluding carboxylic acids is 2. The summed E-state index contributed by atoms with van der Waals surface area (Å²) in [7, 11) is 0. The van der Waals surface area contributed by atoms with Gasteiger partial charge >= 0.3 is 17.9 Å². The Balaban J connectivity index is 0.000000294. The van der Waals surface area contributed by atoms with Crippen LogP contribution in [0, 0.1) is 0 Å². The first-order valence-electron chi connectivity index (χ1n) is 11.0. The molecule has 37 heavy (non-hydrogen) atoms. The Bertz CT molecular complexity index is 1140. The van der Waals surface area contributed by atoms with E-state index in [9.17, 15) is 14.4 Å². The number of rotatable bonds is 11. The van der Waals surface area contributed by atoms with Crippen molar-refractivity contribution in [1.82, 2.24) is 0 Å². The molecule has 0 aliphatic heterocycles. The second-order valence-corrected chi connectivity index (χ2v) is 6.97. The standard InChI is InChI=1S/C18H14O5.C11H12O3/c19-17(15-7-3-1-4-8-15)22-13-11-21-12-14-23-18(20)16-9-5-2-6-10-16;1-2-14-8-7-9-5-3-4-6-10(9)11(12)13/h1-14H;2-6H,1,7-8H2,(H,12,13). The molecule has 0 aromatic heterocycles. The first kappa shape index (κ1) is 28.1. The minimum absolute atomic E-state index is 0.333. The predicted octanol–water partition coefficient (Wildman–Crippen LogP) is 5.75. The van der Waals surface area contributed by atoms with E-state index in [1.807, 2.05) is 6.07 Å². The summed E-state index contributed by atoms with van der Waals surface area (Å²) in [6.07, 6.45) is 6.41. The summed E-state index contributed by atoms with van der Waals surface area (Å²) in [4.78, 5) is 33.9. The highest BCUT2D eigenvalue weighted by atomic mass is 16.6. The number of hydrogen-bond acceptors (Lipinski definition) is 7. The summed E-state index contributed by atoms with van der Waals surface area (Å²) in [5.74, 6) is -1.89. The molecule has 190 valence electrons. The SMILES string of the molecule is C=COCCc1ccccc1C(=O)O.O=C(OC=COC=COC(=O)c1ccccc1)c1ccccc1. The van der Waals surface area contributed by atoms with Crippen LogP contribution in [0.3, 0.4) is 0 Å². The van der Waals surface area contributed by atoms with Gasteiger partial charge in [0.2, 0.25) is 0 Å². The second kappa shape index (κ2) is 16.5. The third kappa shape index (κ3) is 10.8. The zero-order valence-electron chi connectivity index (χ0n) is 19.9. The largest absolute Gasteiger partial charge is 0.501 e. The minimum atomic E-state index is -0.904. The second-order valence-electron chi connectivity index (χ2n) is 6.97. The molecule has 0 heterocycles. The van der Waals surface area contributed by atoms with Crippen molar-refractivity contribution in [3.05, 3.63) is 145 Å². The lowest BCUT2D eigenvalue weighted by Crippen LogP contribution is -2.04. The number of aromatic carboxylic acids is 1. The molecule has 0 spiro atoms. The molecule has 0 unspecified atom stereocenters. The van der Waals surface area contributed by atoms with Gasteiger partial charge in [0, 0.05) is 6.42 Å². The summed E-state index contributed by atoms with van der Waals surface area (Å²) < 4.78 is 19.5. The molecular weight excluding hydrogens is 476 g/mol. The minimum Gasteiger partial charge on any atom is -0.501 e. The molecule has 0 radical (unpaired) electrons. The maximum Gasteiger partial charge on any atom is 0.343 e. The smallest absolute Gasteiger partial charge is 0.343 e. The highest BCUT2D eigenvalue weighted by Crippen LogP contribution is 2.09. The van der Waals surface area contributed by atoms with E-state index < -0.39 is 17.9 Å². The quantitative estimate of drug-likeness (QED) is 0.201. The Kier molecular flexibility index (Phi) is 12.5. The number of carboxylic acids is 1. The zero-order valence-corrected chi connectivity index (χ0v) is 19.9. The predicted molar refractivity (Wildman–Crippen MR) is 136 cm³/mol. The number of benzene rings is 3. The van der Waals surface area contributed by atoms with Crippen LogP contribution in [0.5, 0.6) is 0 Å². The van der Waals surface area contributed by atoms with E-state index in [0.29, 0.717) is 29.7 Å². The van der Waals surface area contributed by atoms with Gasteiger partial charge in [-0.3, -0.25) is 0 Å². The topological polar surface area (TPSA) is 108 Å². The Morgan fingerprint density at radius 3 is 1.68 bits per heavy atom. The maximum absolute atomic E-state index is 11.6. The lowest BCUT2D eigenvalue weighted by Gasteiger charge is -2.04. The van der Waals surface area contributed by atoms with Gasteiger partial charge in [-0.1, -0.05) is 61.2 Å². The van der Waals surface area contributed by atoms with Crippen molar-refractivity contribution in [2.24, 2.45) is 0 Å². The van der Waals surface area contributed by atoms with Crippen molar-refractivity contribution in [3.8, 4) is 0 Å². The molecule has 0 saturated carbocycles. The number of ether oxygens (including phenoxy) is 4. The van der Waals surface area contributed by atoms with Crippen molar-refractivity contribution >= 4 is 17.9 Å². The van der Waals surface area contributed by atoms with Crippen LogP contribution in [0.2, 0.25) is 0 Å². The van der Waals surface area contributed by atoms with E-state index in [1.54, 1.807) is 78.9 Å². The Hall–Kier alpha value is -5.11. The zero-order chi connectivity index (χ0) is 26.7. The summed E-state index contributed by atoms with van der Waals surface area (Å²) >= 11 is 0. The van der Waals surface area contributed by atoms with E-state index in [4.69, 9.17) is 24.1 Å². The van der Waals surface area contributed by atoms with Gasteiger partial charge in [0.25, 0.3) is 0 Å². The van der Waals surface area contributed by atoms with Crippen molar-refractivity contribution < 1.29 is 38.4 Å². The summed E-state index contributed by atoms with van der Waals surface area (Å²) in [5.41, 5.74) is 1.98. The number of carbonyl (C=O) groups is 3. The molecule has 1 N–H and O–H groups in total. The molecule has 8 heteroatoms. The van der Waals surface area contributed by atoms with Crippen molar-refractivity contribution in [2.75, 3.05) is 6.61 Å².